The second-order valence-electron chi connectivity index (χ2n) is 4.95. The Balaban J connectivity index is 1.83. The van der Waals surface area contributed by atoms with Gasteiger partial charge in [0.2, 0.25) is 0 Å². The van der Waals surface area contributed by atoms with E-state index in [1.54, 1.807) is 31.2 Å². The fourth-order valence-electron chi connectivity index (χ4n) is 2.07. The van der Waals surface area contributed by atoms with E-state index in [1.165, 1.54) is 11.8 Å². The van der Waals surface area contributed by atoms with Crippen LogP contribution in [0.5, 0.6) is 11.5 Å². The number of phenols is 2. The smallest absolute Gasteiger partial charge is 0.172 e. The van der Waals surface area contributed by atoms with Crippen molar-refractivity contribution in [1.82, 2.24) is 0 Å². The highest BCUT2D eigenvalue weighted by molar-refractivity contribution is 8.01. The van der Waals surface area contributed by atoms with Gasteiger partial charge in [0, 0.05) is 4.90 Å². The van der Waals surface area contributed by atoms with E-state index in [1.807, 2.05) is 30.3 Å². The summed E-state index contributed by atoms with van der Waals surface area (Å²) in [6, 6.07) is 9.35. The molecule has 0 saturated heterocycles. The van der Waals surface area contributed by atoms with Gasteiger partial charge in [-0.15, -0.1) is 23.5 Å². The van der Waals surface area contributed by atoms with Crippen molar-refractivity contribution in [1.29, 1.82) is 0 Å². The largest absolute Gasteiger partial charge is 0.504 e. The fraction of sp³-hybridized carbons (Fsp3) is 0.176. The number of aromatic hydroxyl groups is 2. The standard InChI is InChI=1S/C17H16O4S2/c1-11-8-14(22-9-12-4-2-6-20-12)17(16(19)15(11)18)23-10-13-5-3-7-21-13/h2-8,18-19H,9-10H2,1H3. The lowest BCUT2D eigenvalue weighted by atomic mass is 10.2. The lowest BCUT2D eigenvalue weighted by molar-refractivity contribution is 0.390. The Kier molecular flexibility index (Phi) is 4.93. The molecule has 1 aromatic carbocycles. The maximum absolute atomic E-state index is 10.3. The van der Waals surface area contributed by atoms with Crippen molar-refractivity contribution in [2.45, 2.75) is 28.2 Å². The van der Waals surface area contributed by atoms with Crippen LogP contribution in [0.3, 0.4) is 0 Å². The summed E-state index contributed by atoms with van der Waals surface area (Å²) in [5, 5.41) is 20.3. The van der Waals surface area contributed by atoms with Crippen molar-refractivity contribution in [3.05, 3.63) is 59.9 Å². The Bertz CT molecular complexity index is 764. The summed E-state index contributed by atoms with van der Waals surface area (Å²) in [6.07, 6.45) is 3.26. The van der Waals surface area contributed by atoms with Gasteiger partial charge in [-0.05, 0) is 42.8 Å². The van der Waals surface area contributed by atoms with Gasteiger partial charge in [-0.25, -0.2) is 0 Å². The zero-order valence-electron chi connectivity index (χ0n) is 12.5. The molecule has 3 rings (SSSR count). The fourth-order valence-corrected chi connectivity index (χ4v) is 4.26. The van der Waals surface area contributed by atoms with Crippen LogP contribution in [-0.2, 0) is 11.5 Å². The third kappa shape index (κ3) is 3.71. The highest BCUT2D eigenvalue weighted by Gasteiger charge is 2.17. The van der Waals surface area contributed by atoms with Crippen molar-refractivity contribution < 1.29 is 19.0 Å². The van der Waals surface area contributed by atoms with Crippen molar-refractivity contribution in [3.8, 4) is 11.5 Å². The molecule has 2 heterocycles. The molecule has 2 N–H and O–H groups in total. The van der Waals surface area contributed by atoms with E-state index in [0.29, 0.717) is 22.0 Å². The average Bonchev–Trinajstić information content (AvgIpc) is 3.23. The Labute approximate surface area is 142 Å². The number of hydrogen-bond donors (Lipinski definition) is 2. The first-order chi connectivity index (χ1) is 11.1. The second kappa shape index (κ2) is 7.10. The topological polar surface area (TPSA) is 66.7 Å². The molecule has 0 aliphatic carbocycles. The Morgan fingerprint density at radius 3 is 2.09 bits per heavy atom. The molecule has 0 aliphatic rings. The number of phenolic OH excluding ortho intramolecular Hbond substituents is 2. The van der Waals surface area contributed by atoms with Crippen LogP contribution in [0.1, 0.15) is 17.1 Å². The van der Waals surface area contributed by atoms with Gasteiger partial charge < -0.3 is 19.0 Å². The van der Waals surface area contributed by atoms with Crippen molar-refractivity contribution in [2.75, 3.05) is 0 Å². The van der Waals surface area contributed by atoms with E-state index in [9.17, 15) is 10.2 Å². The molecule has 0 saturated carbocycles. The molecule has 120 valence electrons. The van der Waals surface area contributed by atoms with Gasteiger partial charge in [0.1, 0.15) is 11.5 Å². The molecule has 0 aliphatic heterocycles. The zero-order chi connectivity index (χ0) is 16.2. The summed E-state index contributed by atoms with van der Waals surface area (Å²) in [5.41, 5.74) is 0.645. The van der Waals surface area contributed by atoms with Gasteiger partial charge in [0.05, 0.1) is 28.9 Å². The molecule has 2 aromatic heterocycles. The Hall–Kier alpha value is -1.92. The molecule has 0 amide bonds. The normalized spacial score (nSPS) is 11.0. The quantitative estimate of drug-likeness (QED) is 0.473. The summed E-state index contributed by atoms with van der Waals surface area (Å²) < 4.78 is 10.7. The van der Waals surface area contributed by atoms with E-state index >= 15 is 0 Å². The number of hydrogen-bond acceptors (Lipinski definition) is 6. The van der Waals surface area contributed by atoms with E-state index in [4.69, 9.17) is 8.83 Å². The van der Waals surface area contributed by atoms with Crippen LogP contribution in [0.2, 0.25) is 0 Å². The van der Waals surface area contributed by atoms with Gasteiger partial charge in [-0.1, -0.05) is 0 Å². The molecular formula is C17H16O4S2. The number of thioether (sulfide) groups is 2. The summed E-state index contributed by atoms with van der Waals surface area (Å²) in [5.74, 6) is 2.76. The SMILES string of the molecule is Cc1cc(SCc2ccco2)c(SCc2ccco2)c(O)c1O. The van der Waals surface area contributed by atoms with Crippen LogP contribution in [0.15, 0.2) is 61.5 Å². The van der Waals surface area contributed by atoms with E-state index in [0.717, 1.165) is 16.4 Å². The Morgan fingerprint density at radius 1 is 0.913 bits per heavy atom. The molecule has 6 heteroatoms. The number of rotatable bonds is 6. The lowest BCUT2D eigenvalue weighted by Gasteiger charge is -2.13. The predicted molar refractivity (Wildman–Crippen MR) is 91.0 cm³/mol. The summed E-state index contributed by atoms with van der Waals surface area (Å²) in [6.45, 7) is 1.77. The van der Waals surface area contributed by atoms with Crippen LogP contribution >= 0.6 is 23.5 Å². The molecule has 0 bridgehead atoms. The summed E-state index contributed by atoms with van der Waals surface area (Å²) in [7, 11) is 0. The van der Waals surface area contributed by atoms with Crippen LogP contribution in [0, 0.1) is 6.92 Å². The molecule has 0 spiro atoms. The lowest BCUT2D eigenvalue weighted by Crippen LogP contribution is -1.87. The second-order valence-corrected chi connectivity index (χ2v) is 6.96. The molecule has 0 unspecified atom stereocenters. The Morgan fingerprint density at radius 2 is 1.52 bits per heavy atom. The first-order valence-electron chi connectivity index (χ1n) is 7.01. The highest BCUT2D eigenvalue weighted by atomic mass is 32.2. The molecule has 0 radical (unpaired) electrons. The highest BCUT2D eigenvalue weighted by Crippen LogP contribution is 2.46. The molecule has 23 heavy (non-hydrogen) atoms. The van der Waals surface area contributed by atoms with Crippen molar-refractivity contribution >= 4 is 23.5 Å². The monoisotopic (exact) mass is 348 g/mol. The first kappa shape index (κ1) is 16.0. The van der Waals surface area contributed by atoms with Crippen LogP contribution in [-0.4, -0.2) is 10.2 Å². The zero-order valence-corrected chi connectivity index (χ0v) is 14.1. The van der Waals surface area contributed by atoms with Gasteiger partial charge >= 0.3 is 0 Å². The van der Waals surface area contributed by atoms with E-state index < -0.39 is 0 Å². The maximum atomic E-state index is 10.3. The van der Waals surface area contributed by atoms with Crippen molar-refractivity contribution in [3.63, 3.8) is 0 Å². The summed E-state index contributed by atoms with van der Waals surface area (Å²) >= 11 is 3.00. The minimum atomic E-state index is -0.0801. The van der Waals surface area contributed by atoms with E-state index in [2.05, 4.69) is 0 Å². The molecular weight excluding hydrogens is 332 g/mol. The van der Waals surface area contributed by atoms with Crippen LogP contribution in [0.4, 0.5) is 0 Å². The van der Waals surface area contributed by atoms with Crippen LogP contribution in [0.25, 0.3) is 0 Å². The minimum absolute atomic E-state index is 0.0747. The van der Waals surface area contributed by atoms with Gasteiger partial charge in [0.25, 0.3) is 0 Å². The summed E-state index contributed by atoms with van der Waals surface area (Å²) in [4.78, 5) is 1.56. The molecule has 4 nitrogen and oxygen atoms in total. The third-order valence-corrected chi connectivity index (χ3v) is 5.60. The number of aryl methyl sites for hydroxylation is 1. The van der Waals surface area contributed by atoms with E-state index in [-0.39, 0.29) is 11.5 Å². The first-order valence-corrected chi connectivity index (χ1v) is 8.98. The molecule has 0 fully saturated rings. The molecule has 0 atom stereocenters. The predicted octanol–water partition coefficient (Wildman–Crippen LogP) is 5.18. The maximum Gasteiger partial charge on any atom is 0.172 e. The van der Waals surface area contributed by atoms with Crippen molar-refractivity contribution in [2.24, 2.45) is 0 Å². The minimum Gasteiger partial charge on any atom is -0.504 e. The van der Waals surface area contributed by atoms with Gasteiger partial charge in [-0.2, -0.15) is 0 Å². The van der Waals surface area contributed by atoms with Gasteiger partial charge in [0.15, 0.2) is 11.5 Å². The average molecular weight is 348 g/mol. The third-order valence-electron chi connectivity index (χ3n) is 3.27. The number of benzene rings is 1. The number of furan rings is 2. The van der Waals surface area contributed by atoms with Crippen LogP contribution < -0.4 is 0 Å². The van der Waals surface area contributed by atoms with Gasteiger partial charge in [-0.3, -0.25) is 0 Å². The molecule has 3 aromatic rings.